The maximum atomic E-state index is 13.3. The SMILES string of the molecule is COc1cc(/C=N/c2sc3c(c2C#N)CCCC3)ccc1Oc1nc2c(c(=O)n(C)c(=O)n2C)n1Cc1ccc(Cl)cc1Cl. The molecular formula is C31H26Cl2N6O4S. The van der Waals surface area contributed by atoms with E-state index in [0.29, 0.717) is 37.7 Å². The highest BCUT2D eigenvalue weighted by Crippen LogP contribution is 2.40. The van der Waals surface area contributed by atoms with Gasteiger partial charge >= 0.3 is 11.7 Å². The highest BCUT2D eigenvalue weighted by molar-refractivity contribution is 7.16. The van der Waals surface area contributed by atoms with Crippen molar-refractivity contribution in [1.82, 2.24) is 18.7 Å². The molecule has 1 aliphatic carbocycles. The van der Waals surface area contributed by atoms with Crippen molar-refractivity contribution in [3.8, 4) is 23.6 Å². The fourth-order valence-electron chi connectivity index (χ4n) is 5.31. The number of nitriles is 1. The summed E-state index contributed by atoms with van der Waals surface area (Å²) in [5.41, 5.74) is 2.49. The zero-order chi connectivity index (χ0) is 31.1. The molecule has 3 aromatic heterocycles. The first kappa shape index (κ1) is 29.7. The molecule has 5 aromatic rings. The zero-order valence-corrected chi connectivity index (χ0v) is 26.4. The van der Waals surface area contributed by atoms with Crippen LogP contribution in [0.15, 0.2) is 51.0 Å². The van der Waals surface area contributed by atoms with Crippen LogP contribution in [0.5, 0.6) is 17.5 Å². The van der Waals surface area contributed by atoms with Crippen molar-refractivity contribution >= 4 is 56.9 Å². The average Bonchev–Trinajstić information content (AvgIpc) is 3.57. The Hall–Kier alpha value is -4.37. The van der Waals surface area contributed by atoms with Gasteiger partial charge in [-0.25, -0.2) is 9.79 Å². The Bertz CT molecular complexity index is 2140. The first-order valence-corrected chi connectivity index (χ1v) is 15.3. The van der Waals surface area contributed by atoms with Crippen LogP contribution in [-0.4, -0.2) is 32.0 Å². The number of aromatic nitrogens is 4. The second-order valence-electron chi connectivity index (χ2n) is 10.4. The number of hydrogen-bond acceptors (Lipinski definition) is 8. The average molecular weight is 650 g/mol. The van der Waals surface area contributed by atoms with E-state index < -0.39 is 11.2 Å². The van der Waals surface area contributed by atoms with Crippen LogP contribution < -0.4 is 20.7 Å². The lowest BCUT2D eigenvalue weighted by Crippen LogP contribution is -2.37. The van der Waals surface area contributed by atoms with E-state index in [4.69, 9.17) is 32.7 Å². The molecule has 6 rings (SSSR count). The van der Waals surface area contributed by atoms with Gasteiger partial charge in [0.25, 0.3) is 5.56 Å². The number of ether oxygens (including phenoxy) is 2. The van der Waals surface area contributed by atoms with E-state index in [0.717, 1.165) is 41.4 Å². The van der Waals surface area contributed by atoms with Gasteiger partial charge in [0.05, 0.1) is 19.2 Å². The third kappa shape index (κ3) is 5.30. The van der Waals surface area contributed by atoms with Crippen molar-refractivity contribution in [2.45, 2.75) is 32.2 Å². The van der Waals surface area contributed by atoms with Crippen LogP contribution in [0.4, 0.5) is 5.00 Å². The number of benzene rings is 2. The molecule has 0 amide bonds. The van der Waals surface area contributed by atoms with Gasteiger partial charge in [0.15, 0.2) is 22.7 Å². The molecule has 2 aromatic carbocycles. The summed E-state index contributed by atoms with van der Waals surface area (Å²) in [5, 5.41) is 11.3. The van der Waals surface area contributed by atoms with Gasteiger partial charge in [-0.2, -0.15) is 10.2 Å². The summed E-state index contributed by atoms with van der Waals surface area (Å²) in [4.78, 5) is 36.4. The number of imidazole rings is 1. The number of nitrogens with zero attached hydrogens (tertiary/aromatic N) is 6. The van der Waals surface area contributed by atoms with Gasteiger partial charge < -0.3 is 9.47 Å². The van der Waals surface area contributed by atoms with Crippen molar-refractivity contribution in [3.05, 3.63) is 94.4 Å². The maximum absolute atomic E-state index is 13.3. The first-order valence-electron chi connectivity index (χ1n) is 13.7. The quantitative estimate of drug-likeness (QED) is 0.195. The molecule has 0 saturated heterocycles. The van der Waals surface area contributed by atoms with E-state index >= 15 is 0 Å². The molecule has 0 aliphatic heterocycles. The zero-order valence-electron chi connectivity index (χ0n) is 24.1. The predicted octanol–water partition coefficient (Wildman–Crippen LogP) is 6.15. The van der Waals surface area contributed by atoms with Crippen LogP contribution in [0.25, 0.3) is 11.2 Å². The minimum atomic E-state index is -0.527. The smallest absolute Gasteiger partial charge is 0.332 e. The Labute approximate surface area is 266 Å². The summed E-state index contributed by atoms with van der Waals surface area (Å²) in [5.74, 6) is 0.722. The van der Waals surface area contributed by atoms with E-state index in [9.17, 15) is 14.9 Å². The fraction of sp³-hybridized carbons (Fsp3) is 0.258. The summed E-state index contributed by atoms with van der Waals surface area (Å²) < 4.78 is 15.8. The predicted molar refractivity (Wildman–Crippen MR) is 172 cm³/mol. The minimum absolute atomic E-state index is 0.0619. The third-order valence-corrected chi connectivity index (χ3v) is 9.43. The summed E-state index contributed by atoms with van der Waals surface area (Å²) in [6.07, 6.45) is 5.82. The number of fused-ring (bicyclic) bond motifs is 2. The summed E-state index contributed by atoms with van der Waals surface area (Å²) in [6.45, 7) is 0.119. The van der Waals surface area contributed by atoms with Crippen molar-refractivity contribution < 1.29 is 9.47 Å². The van der Waals surface area contributed by atoms with Gasteiger partial charge in [-0.3, -0.25) is 18.5 Å². The molecule has 0 unspecified atom stereocenters. The Balaban J connectivity index is 1.39. The number of thiophene rings is 1. The lowest BCUT2D eigenvalue weighted by atomic mass is 9.96. The number of rotatable bonds is 7. The maximum Gasteiger partial charge on any atom is 0.332 e. The molecule has 0 atom stereocenters. The standard InChI is InChI=1S/C31H26Cl2N6O4S/c1-37-27-26(29(40)38(2)31(37)41)39(16-18-9-10-19(32)13-22(18)33)30(36-27)43-23-11-8-17(12-24(23)42-3)15-35-28-21(14-34)20-6-4-5-7-25(20)44-28/h8-13,15H,4-7,16H2,1-3H3/b35-15+. The molecule has 10 nitrogen and oxygen atoms in total. The molecule has 0 radical (unpaired) electrons. The molecule has 224 valence electrons. The summed E-state index contributed by atoms with van der Waals surface area (Å²) in [6, 6.07) is 12.7. The summed E-state index contributed by atoms with van der Waals surface area (Å²) in [7, 11) is 4.46. The number of aliphatic imine (C=N–C) groups is 1. The van der Waals surface area contributed by atoms with E-state index in [1.165, 1.54) is 30.6 Å². The van der Waals surface area contributed by atoms with Crippen LogP contribution in [0.3, 0.4) is 0 Å². The lowest BCUT2D eigenvalue weighted by Gasteiger charge is -2.13. The Morgan fingerprint density at radius 3 is 2.64 bits per heavy atom. The number of methoxy groups -OCH3 is 1. The fourth-order valence-corrected chi connectivity index (χ4v) is 6.96. The molecular weight excluding hydrogens is 623 g/mol. The van der Waals surface area contributed by atoms with Crippen molar-refractivity contribution in [3.63, 3.8) is 0 Å². The van der Waals surface area contributed by atoms with E-state index in [1.54, 1.807) is 58.5 Å². The molecule has 0 saturated carbocycles. The Kier molecular flexibility index (Phi) is 8.07. The normalized spacial score (nSPS) is 12.9. The first-order chi connectivity index (χ1) is 21.2. The lowest BCUT2D eigenvalue weighted by molar-refractivity contribution is 0.361. The largest absolute Gasteiger partial charge is 0.493 e. The molecule has 13 heteroatoms. The van der Waals surface area contributed by atoms with Crippen molar-refractivity contribution in [1.29, 1.82) is 5.26 Å². The van der Waals surface area contributed by atoms with Gasteiger partial charge in [0.1, 0.15) is 11.1 Å². The topological polar surface area (TPSA) is 116 Å². The van der Waals surface area contributed by atoms with Gasteiger partial charge in [0.2, 0.25) is 0 Å². The van der Waals surface area contributed by atoms with Gasteiger partial charge in [-0.15, -0.1) is 11.3 Å². The highest BCUT2D eigenvalue weighted by atomic mass is 35.5. The van der Waals surface area contributed by atoms with E-state index in [-0.39, 0.29) is 23.7 Å². The number of halogens is 2. The monoisotopic (exact) mass is 648 g/mol. The molecule has 0 fully saturated rings. The van der Waals surface area contributed by atoms with Crippen molar-refractivity contribution in [2.24, 2.45) is 19.1 Å². The minimum Gasteiger partial charge on any atom is -0.493 e. The van der Waals surface area contributed by atoms with Crippen LogP contribution in [-0.2, 0) is 33.5 Å². The van der Waals surface area contributed by atoms with Gasteiger partial charge in [0, 0.05) is 35.2 Å². The van der Waals surface area contributed by atoms with Gasteiger partial charge in [-0.05, 0) is 72.7 Å². The number of hydrogen-bond donors (Lipinski definition) is 0. The second kappa shape index (κ2) is 12.0. The molecule has 0 spiro atoms. The molecule has 1 aliphatic rings. The van der Waals surface area contributed by atoms with Gasteiger partial charge in [-0.1, -0.05) is 29.3 Å². The van der Waals surface area contributed by atoms with Crippen LogP contribution in [0.1, 0.15) is 40.0 Å². The second-order valence-corrected chi connectivity index (χ2v) is 12.3. The van der Waals surface area contributed by atoms with Crippen LogP contribution in [0, 0.1) is 11.3 Å². The summed E-state index contributed by atoms with van der Waals surface area (Å²) >= 11 is 14.2. The highest BCUT2D eigenvalue weighted by Gasteiger charge is 2.23. The molecule has 44 heavy (non-hydrogen) atoms. The Morgan fingerprint density at radius 2 is 1.89 bits per heavy atom. The molecule has 0 bridgehead atoms. The van der Waals surface area contributed by atoms with E-state index in [1.807, 2.05) is 0 Å². The molecule has 0 N–H and O–H groups in total. The van der Waals surface area contributed by atoms with E-state index in [2.05, 4.69) is 16.0 Å². The number of aryl methyl sites for hydroxylation is 2. The van der Waals surface area contributed by atoms with Crippen molar-refractivity contribution in [2.75, 3.05) is 7.11 Å². The third-order valence-electron chi connectivity index (χ3n) is 7.64. The van der Waals surface area contributed by atoms with Crippen LogP contribution in [0.2, 0.25) is 10.0 Å². The van der Waals surface area contributed by atoms with Crippen LogP contribution >= 0.6 is 34.5 Å². The Morgan fingerprint density at radius 1 is 1.09 bits per heavy atom. The molecule has 3 heterocycles.